The zero-order valence-electron chi connectivity index (χ0n) is 11.1. The lowest BCUT2D eigenvalue weighted by molar-refractivity contribution is -0.136. The number of halogens is 2. The maximum Gasteiger partial charge on any atom is 0.303 e. The number of benzene rings is 1. The van der Waals surface area contributed by atoms with Gasteiger partial charge in [0.2, 0.25) is 0 Å². The van der Waals surface area contributed by atoms with E-state index in [0.717, 1.165) is 22.8 Å². The van der Waals surface area contributed by atoms with E-state index in [9.17, 15) is 4.79 Å². The van der Waals surface area contributed by atoms with Crippen molar-refractivity contribution in [2.45, 2.75) is 19.3 Å². The Morgan fingerprint density at radius 2 is 2.14 bits per heavy atom. The number of hydrogen-bond acceptors (Lipinski definition) is 4. The van der Waals surface area contributed by atoms with Gasteiger partial charge in [-0.05, 0) is 24.1 Å². The summed E-state index contributed by atoms with van der Waals surface area (Å²) in [6, 6.07) is 5.45. The lowest BCUT2D eigenvalue weighted by Gasteiger charge is -2.05. The minimum atomic E-state index is -0.810. The van der Waals surface area contributed by atoms with Crippen LogP contribution in [0.1, 0.15) is 17.7 Å². The minimum Gasteiger partial charge on any atom is -0.481 e. The Bertz CT molecular complexity index is 631. The molecule has 0 unspecified atom stereocenters. The Kier molecular flexibility index (Phi) is 5.85. The van der Waals surface area contributed by atoms with Crippen molar-refractivity contribution in [1.29, 1.82) is 0 Å². The third-order valence-corrected chi connectivity index (χ3v) is 4.27. The number of aryl methyl sites for hydroxylation is 1. The van der Waals surface area contributed by atoms with Gasteiger partial charge in [-0.25, -0.2) is 4.98 Å². The van der Waals surface area contributed by atoms with Crippen molar-refractivity contribution in [1.82, 2.24) is 4.98 Å². The van der Waals surface area contributed by atoms with E-state index in [1.807, 2.05) is 17.5 Å². The van der Waals surface area contributed by atoms with E-state index in [1.165, 1.54) is 11.3 Å². The van der Waals surface area contributed by atoms with Crippen LogP contribution in [0.25, 0.3) is 0 Å². The molecule has 0 aliphatic carbocycles. The van der Waals surface area contributed by atoms with Crippen LogP contribution in [0, 0.1) is 0 Å². The van der Waals surface area contributed by atoms with Gasteiger partial charge in [-0.3, -0.25) is 4.79 Å². The molecule has 1 aromatic heterocycles. The first-order chi connectivity index (χ1) is 10.0. The summed E-state index contributed by atoms with van der Waals surface area (Å²) in [5.41, 5.74) is 1.82. The Hall–Kier alpha value is -1.30. The molecule has 0 aliphatic rings. The monoisotopic (exact) mass is 344 g/mol. The molecular weight excluding hydrogens is 331 g/mol. The molecule has 0 aliphatic heterocycles. The fraction of sp³-hybridized carbons (Fsp3) is 0.286. The van der Waals surface area contributed by atoms with Crippen molar-refractivity contribution in [3.8, 4) is 0 Å². The van der Waals surface area contributed by atoms with E-state index < -0.39 is 5.97 Å². The van der Waals surface area contributed by atoms with Crippen LogP contribution in [0.5, 0.6) is 0 Å². The maximum atomic E-state index is 10.5. The van der Waals surface area contributed by atoms with E-state index >= 15 is 0 Å². The summed E-state index contributed by atoms with van der Waals surface area (Å²) >= 11 is 13.4. The first-order valence-electron chi connectivity index (χ1n) is 6.38. The van der Waals surface area contributed by atoms with Crippen molar-refractivity contribution in [2.24, 2.45) is 0 Å². The highest BCUT2D eigenvalue weighted by atomic mass is 35.5. The smallest absolute Gasteiger partial charge is 0.303 e. The SMILES string of the molecule is O=C(O)CCc1csc(NCCc2ccc(Cl)cc2Cl)n1. The summed E-state index contributed by atoms with van der Waals surface area (Å²) in [5.74, 6) is -0.810. The summed E-state index contributed by atoms with van der Waals surface area (Å²) < 4.78 is 0. The third-order valence-electron chi connectivity index (χ3n) is 2.83. The van der Waals surface area contributed by atoms with Gasteiger partial charge in [-0.1, -0.05) is 29.3 Å². The zero-order chi connectivity index (χ0) is 15.2. The highest BCUT2D eigenvalue weighted by molar-refractivity contribution is 7.13. The number of hydrogen-bond donors (Lipinski definition) is 2. The largest absolute Gasteiger partial charge is 0.481 e. The predicted molar refractivity (Wildman–Crippen MR) is 86.7 cm³/mol. The molecule has 0 bridgehead atoms. The van der Waals surface area contributed by atoms with Crippen LogP contribution < -0.4 is 5.32 Å². The van der Waals surface area contributed by atoms with Gasteiger partial charge < -0.3 is 10.4 Å². The van der Waals surface area contributed by atoms with Crippen LogP contribution in [0.4, 0.5) is 5.13 Å². The Morgan fingerprint density at radius 3 is 2.86 bits per heavy atom. The number of rotatable bonds is 7. The molecule has 1 aromatic carbocycles. The van der Waals surface area contributed by atoms with Crippen LogP contribution in [0.15, 0.2) is 23.6 Å². The summed E-state index contributed by atoms with van der Waals surface area (Å²) in [6.45, 7) is 0.702. The van der Waals surface area contributed by atoms with E-state index in [0.29, 0.717) is 23.0 Å². The number of thiazole rings is 1. The fourth-order valence-corrected chi connectivity index (χ4v) is 3.04. The fourth-order valence-electron chi connectivity index (χ4n) is 1.77. The number of carboxylic acid groups (broad SMARTS) is 1. The molecule has 7 heteroatoms. The predicted octanol–water partition coefficient (Wildman–Crippen LogP) is 4.12. The number of nitrogens with zero attached hydrogens (tertiary/aromatic N) is 1. The number of anilines is 1. The number of carboxylic acids is 1. The maximum absolute atomic E-state index is 10.5. The molecule has 2 rings (SSSR count). The molecule has 112 valence electrons. The molecule has 1 heterocycles. The molecule has 21 heavy (non-hydrogen) atoms. The van der Waals surface area contributed by atoms with Gasteiger partial charge in [0, 0.05) is 28.4 Å². The average Bonchev–Trinajstić information content (AvgIpc) is 2.87. The van der Waals surface area contributed by atoms with Crippen LogP contribution in [-0.4, -0.2) is 22.6 Å². The molecule has 2 aromatic rings. The zero-order valence-corrected chi connectivity index (χ0v) is 13.4. The molecule has 0 atom stereocenters. The molecular formula is C14H14Cl2N2O2S. The number of aromatic nitrogens is 1. The standard InChI is InChI=1S/C14H14Cl2N2O2S/c15-10-2-1-9(12(16)7-10)5-6-17-14-18-11(8-21-14)3-4-13(19)20/h1-2,7-8H,3-6H2,(H,17,18)(H,19,20). The second-order valence-electron chi connectivity index (χ2n) is 4.45. The molecule has 2 N–H and O–H groups in total. The van der Waals surface area contributed by atoms with Gasteiger partial charge >= 0.3 is 5.97 Å². The highest BCUT2D eigenvalue weighted by Gasteiger charge is 2.05. The number of carbonyl (C=O) groups is 1. The van der Waals surface area contributed by atoms with E-state index in [-0.39, 0.29) is 6.42 Å². The van der Waals surface area contributed by atoms with E-state index in [1.54, 1.807) is 6.07 Å². The first-order valence-corrected chi connectivity index (χ1v) is 8.02. The van der Waals surface area contributed by atoms with Crippen LogP contribution in [0.2, 0.25) is 10.0 Å². The summed E-state index contributed by atoms with van der Waals surface area (Å²) in [6.07, 6.45) is 1.32. The van der Waals surface area contributed by atoms with Crippen molar-refractivity contribution < 1.29 is 9.90 Å². The summed E-state index contributed by atoms with van der Waals surface area (Å²) in [7, 11) is 0. The van der Waals surface area contributed by atoms with Crippen molar-refractivity contribution in [2.75, 3.05) is 11.9 Å². The molecule has 0 radical (unpaired) electrons. The molecule has 4 nitrogen and oxygen atoms in total. The second-order valence-corrected chi connectivity index (χ2v) is 6.15. The number of nitrogens with one attached hydrogen (secondary N) is 1. The molecule has 0 saturated heterocycles. The van der Waals surface area contributed by atoms with Crippen molar-refractivity contribution in [3.63, 3.8) is 0 Å². The third kappa shape index (κ3) is 5.19. The van der Waals surface area contributed by atoms with Crippen LogP contribution >= 0.6 is 34.5 Å². The topological polar surface area (TPSA) is 62.2 Å². The van der Waals surface area contributed by atoms with E-state index in [2.05, 4.69) is 10.3 Å². The summed E-state index contributed by atoms with van der Waals surface area (Å²) in [4.78, 5) is 14.8. The highest BCUT2D eigenvalue weighted by Crippen LogP contribution is 2.22. The molecule has 0 spiro atoms. The van der Waals surface area contributed by atoms with Crippen molar-refractivity contribution in [3.05, 3.63) is 44.9 Å². The van der Waals surface area contributed by atoms with Gasteiger partial charge in [0.25, 0.3) is 0 Å². The van der Waals surface area contributed by atoms with Crippen LogP contribution in [0.3, 0.4) is 0 Å². The number of aliphatic carboxylic acids is 1. The van der Waals surface area contributed by atoms with Crippen LogP contribution in [-0.2, 0) is 17.6 Å². The van der Waals surface area contributed by atoms with Gasteiger partial charge in [0.1, 0.15) is 0 Å². The van der Waals surface area contributed by atoms with Gasteiger partial charge in [-0.15, -0.1) is 11.3 Å². The Labute approximate surface area is 136 Å². The van der Waals surface area contributed by atoms with Gasteiger partial charge in [0.05, 0.1) is 12.1 Å². The average molecular weight is 345 g/mol. The van der Waals surface area contributed by atoms with Gasteiger partial charge in [0.15, 0.2) is 5.13 Å². The first kappa shape index (κ1) is 16.1. The normalized spacial score (nSPS) is 10.6. The Balaban J connectivity index is 1.82. The second kappa shape index (κ2) is 7.64. The molecule has 0 saturated carbocycles. The molecule has 0 fully saturated rings. The summed E-state index contributed by atoms with van der Waals surface area (Å²) in [5, 5.41) is 15.8. The van der Waals surface area contributed by atoms with E-state index in [4.69, 9.17) is 28.3 Å². The van der Waals surface area contributed by atoms with Crippen molar-refractivity contribution >= 4 is 45.6 Å². The Morgan fingerprint density at radius 1 is 1.33 bits per heavy atom. The lowest BCUT2D eigenvalue weighted by atomic mass is 10.1. The lowest BCUT2D eigenvalue weighted by Crippen LogP contribution is -2.05. The van der Waals surface area contributed by atoms with Gasteiger partial charge in [-0.2, -0.15) is 0 Å². The minimum absolute atomic E-state index is 0.101. The molecule has 0 amide bonds. The quantitative estimate of drug-likeness (QED) is 0.792.